The van der Waals surface area contributed by atoms with E-state index in [1.165, 1.54) is 11.1 Å². The van der Waals surface area contributed by atoms with Gasteiger partial charge in [-0.25, -0.2) is 0 Å². The molecule has 186 valence electrons. The van der Waals surface area contributed by atoms with Crippen LogP contribution in [0.15, 0.2) is 72.8 Å². The summed E-state index contributed by atoms with van der Waals surface area (Å²) in [6, 6.07) is 24.3. The molecule has 1 aliphatic heterocycles. The van der Waals surface area contributed by atoms with E-state index in [4.69, 9.17) is 4.74 Å². The van der Waals surface area contributed by atoms with E-state index < -0.39 is 6.10 Å². The van der Waals surface area contributed by atoms with Gasteiger partial charge >= 0.3 is 0 Å². The molecule has 0 aromatic heterocycles. The molecule has 0 spiro atoms. The maximum Gasteiger partial charge on any atom is 0.263 e. The largest absolute Gasteiger partial charge is 0.481 e. The molecule has 1 saturated carbocycles. The first-order chi connectivity index (χ1) is 17.4. The Hall–Kier alpha value is -3.60. The molecule has 2 aliphatic rings. The molecule has 36 heavy (non-hydrogen) atoms. The molecule has 0 N–H and O–H groups in total. The molecule has 3 aromatic rings. The highest BCUT2D eigenvalue weighted by Gasteiger charge is 2.39. The zero-order valence-electron chi connectivity index (χ0n) is 21.3. The third kappa shape index (κ3) is 5.15. The second-order valence-corrected chi connectivity index (χ2v) is 10.2. The summed E-state index contributed by atoms with van der Waals surface area (Å²) < 4.78 is 6.17. The lowest BCUT2D eigenvalue weighted by atomic mass is 9.87. The molecule has 2 amide bonds. The van der Waals surface area contributed by atoms with Gasteiger partial charge in [0, 0.05) is 26.1 Å². The van der Waals surface area contributed by atoms with Crippen molar-refractivity contribution >= 4 is 11.8 Å². The van der Waals surface area contributed by atoms with Gasteiger partial charge in [-0.2, -0.15) is 0 Å². The van der Waals surface area contributed by atoms with Crippen LogP contribution in [0.4, 0.5) is 0 Å². The lowest BCUT2D eigenvalue weighted by molar-refractivity contribution is -0.137. The number of benzene rings is 3. The van der Waals surface area contributed by atoms with Crippen molar-refractivity contribution in [3.05, 3.63) is 101 Å². The zero-order valence-corrected chi connectivity index (χ0v) is 21.3. The van der Waals surface area contributed by atoms with Gasteiger partial charge in [-0.05, 0) is 67.5 Å². The molecule has 0 radical (unpaired) electrons. The monoisotopic (exact) mass is 482 g/mol. The normalized spacial score (nSPS) is 17.8. The molecule has 1 fully saturated rings. The minimum absolute atomic E-state index is 0.0719. The molecule has 0 bridgehead atoms. The van der Waals surface area contributed by atoms with E-state index in [-0.39, 0.29) is 23.8 Å². The van der Waals surface area contributed by atoms with Gasteiger partial charge in [-0.3, -0.25) is 9.59 Å². The molecule has 2 atom stereocenters. The fraction of sp³-hybridized carbons (Fsp3) is 0.355. The van der Waals surface area contributed by atoms with Crippen molar-refractivity contribution in [3.63, 3.8) is 0 Å². The third-order valence-electron chi connectivity index (χ3n) is 7.21. The number of hydrogen-bond donors (Lipinski definition) is 0. The van der Waals surface area contributed by atoms with Crippen molar-refractivity contribution in [1.29, 1.82) is 0 Å². The molecule has 5 heteroatoms. The van der Waals surface area contributed by atoms with Crippen LogP contribution < -0.4 is 4.74 Å². The van der Waals surface area contributed by atoms with Crippen molar-refractivity contribution in [2.75, 3.05) is 13.6 Å². The van der Waals surface area contributed by atoms with Crippen molar-refractivity contribution in [3.8, 4) is 5.75 Å². The van der Waals surface area contributed by atoms with Crippen molar-refractivity contribution in [2.24, 2.45) is 5.92 Å². The molecular formula is C31H34N2O3. The van der Waals surface area contributed by atoms with Gasteiger partial charge < -0.3 is 14.5 Å². The highest BCUT2D eigenvalue weighted by atomic mass is 16.5. The second-order valence-electron chi connectivity index (χ2n) is 10.2. The van der Waals surface area contributed by atoms with Gasteiger partial charge in [-0.15, -0.1) is 0 Å². The number of hydrogen-bond acceptors (Lipinski definition) is 3. The smallest absolute Gasteiger partial charge is 0.263 e. The Kier molecular flexibility index (Phi) is 6.82. The zero-order chi connectivity index (χ0) is 25.2. The topological polar surface area (TPSA) is 49.9 Å². The molecule has 3 aromatic carbocycles. The van der Waals surface area contributed by atoms with Crippen LogP contribution in [0.2, 0.25) is 0 Å². The Bertz CT molecular complexity index is 1250. The predicted octanol–water partition coefficient (Wildman–Crippen LogP) is 5.31. The van der Waals surface area contributed by atoms with Gasteiger partial charge in [0.15, 0.2) is 6.10 Å². The van der Waals surface area contributed by atoms with Crippen LogP contribution in [0.3, 0.4) is 0 Å². The molecule has 0 unspecified atom stereocenters. The van der Waals surface area contributed by atoms with E-state index in [1.807, 2.05) is 42.5 Å². The average Bonchev–Trinajstić information content (AvgIpc) is 3.73. The van der Waals surface area contributed by atoms with Crippen LogP contribution in [0, 0.1) is 12.8 Å². The summed E-state index contributed by atoms with van der Waals surface area (Å²) in [6.45, 7) is 5.13. The lowest BCUT2D eigenvalue weighted by Gasteiger charge is -2.38. The predicted molar refractivity (Wildman–Crippen MR) is 141 cm³/mol. The van der Waals surface area contributed by atoms with Gasteiger partial charge in [-0.1, -0.05) is 66.2 Å². The SMILES string of the molecule is Cc1cccc([C@H]2c3cc(O[C@@H](C)C(=O)N(C)Cc4ccccc4)ccc3CCN2C(=O)C2CC2)c1. The van der Waals surface area contributed by atoms with Gasteiger partial charge in [0.05, 0.1) is 6.04 Å². The Morgan fingerprint density at radius 2 is 1.81 bits per heavy atom. The highest BCUT2D eigenvalue weighted by molar-refractivity contribution is 5.82. The number of likely N-dealkylation sites (N-methyl/N-ethyl adjacent to an activating group) is 1. The lowest BCUT2D eigenvalue weighted by Crippen LogP contribution is -2.41. The minimum Gasteiger partial charge on any atom is -0.481 e. The van der Waals surface area contributed by atoms with E-state index >= 15 is 0 Å². The summed E-state index contributed by atoms with van der Waals surface area (Å²) in [6.07, 6.45) is 2.18. The number of fused-ring (bicyclic) bond motifs is 1. The standard InChI is InChI=1S/C31H34N2O3/c1-21-8-7-11-26(18-21)29-28-19-27(15-14-24(28)16-17-33(29)31(35)25-12-13-25)36-22(2)30(34)32(3)20-23-9-5-4-6-10-23/h4-11,14-15,18-19,22,25,29H,12-13,16-17,20H2,1-3H3/t22-,29-/m0/s1. The van der Waals surface area contributed by atoms with E-state index in [0.717, 1.165) is 42.5 Å². The summed E-state index contributed by atoms with van der Waals surface area (Å²) >= 11 is 0. The molecule has 1 heterocycles. The quantitative estimate of drug-likeness (QED) is 0.459. The number of rotatable bonds is 7. The van der Waals surface area contributed by atoms with Crippen molar-refractivity contribution in [1.82, 2.24) is 9.80 Å². The molecule has 5 rings (SSSR count). The van der Waals surface area contributed by atoms with Crippen LogP contribution in [-0.2, 0) is 22.6 Å². The molecule has 5 nitrogen and oxygen atoms in total. The first-order valence-electron chi connectivity index (χ1n) is 12.9. The van der Waals surface area contributed by atoms with Crippen LogP contribution in [0.25, 0.3) is 0 Å². The van der Waals surface area contributed by atoms with Crippen molar-refractivity contribution < 1.29 is 14.3 Å². The number of aryl methyl sites for hydroxylation is 1. The van der Waals surface area contributed by atoms with E-state index in [2.05, 4.69) is 42.2 Å². The molecule has 1 aliphatic carbocycles. The van der Waals surface area contributed by atoms with Gasteiger partial charge in [0.2, 0.25) is 5.91 Å². The average molecular weight is 483 g/mol. The van der Waals surface area contributed by atoms with E-state index in [0.29, 0.717) is 12.3 Å². The maximum absolute atomic E-state index is 13.3. The summed E-state index contributed by atoms with van der Waals surface area (Å²) in [5, 5.41) is 0. The Labute approximate surface area is 213 Å². The Balaban J connectivity index is 1.39. The van der Waals surface area contributed by atoms with Crippen LogP contribution in [-0.4, -0.2) is 41.3 Å². The van der Waals surface area contributed by atoms with Gasteiger partial charge in [0.25, 0.3) is 5.91 Å². The second kappa shape index (κ2) is 10.2. The van der Waals surface area contributed by atoms with Crippen LogP contribution in [0.1, 0.15) is 53.6 Å². The van der Waals surface area contributed by atoms with Crippen LogP contribution >= 0.6 is 0 Å². The summed E-state index contributed by atoms with van der Waals surface area (Å²) in [7, 11) is 1.80. The third-order valence-corrected chi connectivity index (χ3v) is 7.21. The Morgan fingerprint density at radius 1 is 1.03 bits per heavy atom. The van der Waals surface area contributed by atoms with Gasteiger partial charge in [0.1, 0.15) is 5.75 Å². The van der Waals surface area contributed by atoms with Crippen molar-refractivity contribution in [2.45, 2.75) is 51.8 Å². The Morgan fingerprint density at radius 3 is 2.53 bits per heavy atom. The number of nitrogens with zero attached hydrogens (tertiary/aromatic N) is 2. The highest BCUT2D eigenvalue weighted by Crippen LogP contribution is 2.41. The molecule has 0 saturated heterocycles. The van der Waals surface area contributed by atoms with E-state index in [9.17, 15) is 9.59 Å². The fourth-order valence-electron chi connectivity index (χ4n) is 5.17. The first kappa shape index (κ1) is 24.1. The fourth-order valence-corrected chi connectivity index (χ4v) is 5.17. The number of carbonyl (C=O) groups excluding carboxylic acids is 2. The number of amides is 2. The summed E-state index contributed by atoms with van der Waals surface area (Å²) in [4.78, 5) is 30.1. The summed E-state index contributed by atoms with van der Waals surface area (Å²) in [5.74, 6) is 0.999. The number of ether oxygens (including phenoxy) is 1. The molecular weight excluding hydrogens is 448 g/mol. The van der Waals surface area contributed by atoms with E-state index in [1.54, 1.807) is 18.9 Å². The van der Waals surface area contributed by atoms with Crippen LogP contribution in [0.5, 0.6) is 5.75 Å². The maximum atomic E-state index is 13.3. The summed E-state index contributed by atoms with van der Waals surface area (Å²) in [5.41, 5.74) is 5.70. The first-order valence-corrected chi connectivity index (χ1v) is 12.9. The minimum atomic E-state index is -0.623. The number of carbonyl (C=O) groups is 2.